The molecule has 0 unspecified atom stereocenters. The first kappa shape index (κ1) is 20.9. The number of ether oxygens (including phenoxy) is 1. The van der Waals surface area contributed by atoms with Crippen molar-refractivity contribution >= 4 is 37.2 Å². The molecule has 0 bridgehead atoms. The fourth-order valence-corrected chi connectivity index (χ4v) is 5.68. The predicted molar refractivity (Wildman–Crippen MR) is 125 cm³/mol. The Bertz CT molecular complexity index is 1400. The fraction of sp³-hybridized carbons (Fsp3) is 0.273. The molecule has 0 amide bonds. The van der Waals surface area contributed by atoms with E-state index >= 15 is 0 Å². The lowest BCUT2D eigenvalue weighted by Crippen LogP contribution is -2.36. The van der Waals surface area contributed by atoms with Gasteiger partial charge >= 0.3 is 0 Å². The van der Waals surface area contributed by atoms with Crippen LogP contribution in [0.4, 0.5) is 5.82 Å². The second-order valence-electron chi connectivity index (χ2n) is 7.63. The second-order valence-corrected chi connectivity index (χ2v) is 10.7. The molecular formula is C22H21N5O3S2. The number of sulfone groups is 1. The van der Waals surface area contributed by atoms with Crippen LogP contribution < -0.4 is 4.90 Å². The van der Waals surface area contributed by atoms with Gasteiger partial charge in [0.05, 0.1) is 33.9 Å². The largest absolute Gasteiger partial charge is 0.378 e. The quantitative estimate of drug-likeness (QED) is 0.451. The van der Waals surface area contributed by atoms with E-state index in [1.54, 1.807) is 41.9 Å². The van der Waals surface area contributed by atoms with Crippen molar-refractivity contribution < 1.29 is 13.2 Å². The molecule has 0 aliphatic carbocycles. The molecule has 3 aromatic heterocycles. The monoisotopic (exact) mass is 467 g/mol. The molecule has 1 aliphatic rings. The summed E-state index contributed by atoms with van der Waals surface area (Å²) in [5.74, 6) is 1.42. The van der Waals surface area contributed by atoms with E-state index in [-0.39, 0.29) is 0 Å². The summed E-state index contributed by atoms with van der Waals surface area (Å²) >= 11 is 1.59. The molecule has 4 heterocycles. The van der Waals surface area contributed by atoms with Crippen LogP contribution in [0, 0.1) is 6.92 Å². The lowest BCUT2D eigenvalue weighted by atomic mass is 10.1. The van der Waals surface area contributed by atoms with Gasteiger partial charge < -0.3 is 9.64 Å². The molecule has 0 radical (unpaired) electrons. The van der Waals surface area contributed by atoms with Crippen LogP contribution in [0.3, 0.4) is 0 Å². The third-order valence-electron chi connectivity index (χ3n) is 5.40. The number of aryl methyl sites for hydroxylation is 1. The van der Waals surface area contributed by atoms with E-state index in [0.29, 0.717) is 23.9 Å². The van der Waals surface area contributed by atoms with Crippen molar-refractivity contribution in [1.29, 1.82) is 0 Å². The van der Waals surface area contributed by atoms with Crippen molar-refractivity contribution in [2.45, 2.75) is 11.8 Å². The van der Waals surface area contributed by atoms with Crippen molar-refractivity contribution in [1.82, 2.24) is 19.9 Å². The van der Waals surface area contributed by atoms with Crippen molar-refractivity contribution in [3.05, 3.63) is 48.5 Å². The predicted octanol–water partition coefficient (Wildman–Crippen LogP) is 3.36. The number of aromatic nitrogens is 4. The van der Waals surface area contributed by atoms with Crippen LogP contribution in [0.5, 0.6) is 0 Å². The van der Waals surface area contributed by atoms with E-state index in [1.165, 1.54) is 12.6 Å². The highest BCUT2D eigenvalue weighted by molar-refractivity contribution is 7.90. The molecule has 1 aromatic carbocycles. The van der Waals surface area contributed by atoms with E-state index in [0.717, 1.165) is 50.7 Å². The molecule has 0 spiro atoms. The summed E-state index contributed by atoms with van der Waals surface area (Å²) in [5, 5.41) is 0. The zero-order valence-electron chi connectivity index (χ0n) is 17.6. The van der Waals surface area contributed by atoms with Crippen LogP contribution in [0.2, 0.25) is 0 Å². The summed E-state index contributed by atoms with van der Waals surface area (Å²) in [6.07, 6.45) is 6.11. The smallest absolute Gasteiger partial charge is 0.175 e. The van der Waals surface area contributed by atoms with Crippen LogP contribution in [0.25, 0.3) is 32.0 Å². The molecule has 164 valence electrons. The second kappa shape index (κ2) is 8.19. The standard InChI is InChI=1S/C22H21N5O3S2/c1-14-18-20(31-19(14)15-4-3-5-17(10-15)32(2,28)29)22(27-6-8-30-9-7-27)26-21(25-18)16-11-23-13-24-12-16/h3-5,10-13H,6-9H2,1-2H3. The first-order valence-electron chi connectivity index (χ1n) is 10.1. The molecule has 10 heteroatoms. The summed E-state index contributed by atoms with van der Waals surface area (Å²) < 4.78 is 30.7. The van der Waals surface area contributed by atoms with Crippen LogP contribution in [-0.2, 0) is 14.6 Å². The highest BCUT2D eigenvalue weighted by Gasteiger charge is 2.23. The average molecular weight is 468 g/mol. The third kappa shape index (κ3) is 3.85. The fourth-order valence-electron chi connectivity index (χ4n) is 3.75. The van der Waals surface area contributed by atoms with Gasteiger partial charge in [0.2, 0.25) is 0 Å². The molecule has 4 aromatic rings. The van der Waals surface area contributed by atoms with Gasteiger partial charge in [-0.15, -0.1) is 11.3 Å². The van der Waals surface area contributed by atoms with Gasteiger partial charge in [-0.1, -0.05) is 12.1 Å². The molecule has 0 atom stereocenters. The van der Waals surface area contributed by atoms with Gasteiger partial charge in [0.1, 0.15) is 6.33 Å². The van der Waals surface area contributed by atoms with Crippen LogP contribution in [0.15, 0.2) is 47.9 Å². The number of anilines is 1. The van der Waals surface area contributed by atoms with E-state index in [9.17, 15) is 8.42 Å². The number of benzene rings is 1. The normalized spacial score (nSPS) is 14.8. The number of fused-ring (bicyclic) bond motifs is 1. The summed E-state index contributed by atoms with van der Waals surface area (Å²) in [4.78, 5) is 21.5. The van der Waals surface area contributed by atoms with Gasteiger partial charge in [-0.05, 0) is 30.2 Å². The SMILES string of the molecule is Cc1c(-c2cccc(S(C)(=O)=O)c2)sc2c(N3CCOCC3)nc(-c3cncnc3)nc12. The third-order valence-corrected chi connectivity index (χ3v) is 7.84. The highest BCUT2D eigenvalue weighted by atomic mass is 32.2. The Labute approximate surface area is 189 Å². The zero-order chi connectivity index (χ0) is 22.3. The summed E-state index contributed by atoms with van der Waals surface area (Å²) in [6.45, 7) is 4.79. The molecule has 5 rings (SSSR count). The Hall–Kier alpha value is -2.95. The van der Waals surface area contributed by atoms with Crippen LogP contribution >= 0.6 is 11.3 Å². The molecule has 1 aliphatic heterocycles. The zero-order valence-corrected chi connectivity index (χ0v) is 19.3. The average Bonchev–Trinajstić information content (AvgIpc) is 3.15. The number of thiophene rings is 1. The van der Waals surface area contributed by atoms with Gasteiger partial charge in [-0.25, -0.2) is 28.4 Å². The Morgan fingerprint density at radius 1 is 1.06 bits per heavy atom. The first-order valence-corrected chi connectivity index (χ1v) is 12.8. The van der Waals surface area contributed by atoms with E-state index < -0.39 is 9.84 Å². The van der Waals surface area contributed by atoms with Gasteiger partial charge in [-0.2, -0.15) is 0 Å². The molecule has 32 heavy (non-hydrogen) atoms. The molecular weight excluding hydrogens is 446 g/mol. The first-order chi connectivity index (χ1) is 15.4. The van der Waals surface area contributed by atoms with Crippen molar-refractivity contribution in [2.24, 2.45) is 0 Å². The molecule has 0 saturated carbocycles. The summed E-state index contributed by atoms with van der Waals surface area (Å²) in [6, 6.07) is 7.05. The Morgan fingerprint density at radius 2 is 1.81 bits per heavy atom. The minimum atomic E-state index is -3.30. The summed E-state index contributed by atoms with van der Waals surface area (Å²) in [5.41, 5.74) is 3.44. The number of nitrogens with zero attached hydrogens (tertiary/aromatic N) is 5. The topological polar surface area (TPSA) is 98.2 Å². The lowest BCUT2D eigenvalue weighted by molar-refractivity contribution is 0.122. The maximum atomic E-state index is 12.1. The summed E-state index contributed by atoms with van der Waals surface area (Å²) in [7, 11) is -3.30. The molecule has 8 nitrogen and oxygen atoms in total. The Kier molecular flexibility index (Phi) is 5.36. The number of hydrogen-bond acceptors (Lipinski definition) is 9. The van der Waals surface area contributed by atoms with E-state index in [4.69, 9.17) is 14.7 Å². The van der Waals surface area contributed by atoms with Gasteiger partial charge in [0, 0.05) is 36.6 Å². The van der Waals surface area contributed by atoms with Crippen LogP contribution in [-0.4, -0.2) is 60.9 Å². The van der Waals surface area contributed by atoms with Crippen molar-refractivity contribution in [3.8, 4) is 21.8 Å². The highest BCUT2D eigenvalue weighted by Crippen LogP contribution is 2.42. The minimum absolute atomic E-state index is 0.300. The number of hydrogen-bond donors (Lipinski definition) is 0. The maximum Gasteiger partial charge on any atom is 0.175 e. The number of rotatable bonds is 4. The van der Waals surface area contributed by atoms with E-state index in [2.05, 4.69) is 14.9 Å². The maximum absolute atomic E-state index is 12.1. The minimum Gasteiger partial charge on any atom is -0.378 e. The van der Waals surface area contributed by atoms with Gasteiger partial charge in [-0.3, -0.25) is 0 Å². The van der Waals surface area contributed by atoms with Gasteiger partial charge in [0.15, 0.2) is 21.5 Å². The van der Waals surface area contributed by atoms with E-state index in [1.807, 2.05) is 13.0 Å². The van der Waals surface area contributed by atoms with Crippen LogP contribution in [0.1, 0.15) is 5.56 Å². The Balaban J connectivity index is 1.73. The van der Waals surface area contributed by atoms with Gasteiger partial charge in [0.25, 0.3) is 0 Å². The molecule has 1 fully saturated rings. The lowest BCUT2D eigenvalue weighted by Gasteiger charge is -2.28. The molecule has 1 saturated heterocycles. The Morgan fingerprint density at radius 3 is 2.53 bits per heavy atom. The molecule has 0 N–H and O–H groups in total. The number of morpholine rings is 1. The van der Waals surface area contributed by atoms with Crippen molar-refractivity contribution in [2.75, 3.05) is 37.5 Å². The van der Waals surface area contributed by atoms with Crippen molar-refractivity contribution in [3.63, 3.8) is 0 Å².